The summed E-state index contributed by atoms with van der Waals surface area (Å²) in [6, 6.07) is -15.7. The van der Waals surface area contributed by atoms with Crippen molar-refractivity contribution < 1.29 is 122 Å². The molecule has 0 unspecified atom stereocenters. The van der Waals surface area contributed by atoms with Crippen molar-refractivity contribution in [2.75, 3.05) is 59.0 Å². The molecule has 51 heteroatoms. The van der Waals surface area contributed by atoms with Gasteiger partial charge in [-0.15, -0.1) is 0 Å². The number of primary amides is 1. The predicted molar refractivity (Wildman–Crippen MR) is 477 cm³/mol. The third kappa shape index (κ3) is 39.8. The van der Waals surface area contributed by atoms with Crippen LogP contribution in [-0.2, 0) is 99.1 Å². The summed E-state index contributed by atoms with van der Waals surface area (Å²) >= 11 is 0. The second-order valence-electron chi connectivity index (χ2n) is 32.5. The van der Waals surface area contributed by atoms with E-state index in [-0.39, 0.29) is 140 Å². The molecule has 1 heterocycles. The number of aliphatic hydroxyl groups excluding tert-OH is 3. The Balaban J connectivity index is 1.91. The molecule has 0 aromatic heterocycles. The van der Waals surface area contributed by atoms with E-state index in [2.05, 4.69) is 79.8 Å². The molecule has 0 bridgehead atoms. The first-order valence-corrected chi connectivity index (χ1v) is 43.7. The minimum absolute atomic E-state index is 0.0891. The highest BCUT2D eigenvalue weighted by molar-refractivity contribution is 6.02. The van der Waals surface area contributed by atoms with Crippen molar-refractivity contribution in [2.24, 2.45) is 63.4 Å². The molecule has 0 aliphatic carbocycles. The molecule has 133 heavy (non-hydrogen) atoms. The summed E-state index contributed by atoms with van der Waals surface area (Å²) in [6.45, 7) is 4.76. The maximum atomic E-state index is 14.5. The molecule has 1 aliphatic heterocycles. The number of nitrogens with zero attached hydrogens (tertiary/aromatic N) is 1. The van der Waals surface area contributed by atoms with Crippen LogP contribution in [0.1, 0.15) is 142 Å². The maximum absolute atomic E-state index is 14.5. The number of unbranched alkanes of at least 4 members (excludes halogenated alkanes) is 1. The van der Waals surface area contributed by atoms with Gasteiger partial charge in [-0.3, -0.25) is 86.9 Å². The van der Waals surface area contributed by atoms with Gasteiger partial charge < -0.3 is 172 Å². The van der Waals surface area contributed by atoms with Crippen LogP contribution in [0.25, 0.3) is 0 Å². The van der Waals surface area contributed by atoms with Crippen LogP contribution in [0, 0.1) is 17.2 Å². The van der Waals surface area contributed by atoms with Crippen LogP contribution >= 0.6 is 0 Å². The average Bonchev–Trinajstić information content (AvgIpc) is 1.37. The number of aliphatic carboxylic acids is 2. The number of carboxylic acids is 2. The zero-order valence-electron chi connectivity index (χ0n) is 75.2. The standard InChI is InChI=1S/C82H136N26O25/c1-6-41(4)64(106-77(128)60-36-47(113)38-108(60)80(131)63(90)40(2)3)78(129)100-50(20-21-62(115)116)68(119)102-56(34-43-12-16-45(111)17-13-43)74(125)105-59(39-109)76(127)103-57(37-61(89)114)75(126)95-49(11-9-33-93-82(91)92)67(118)99-55(26-32-88)73(124)107-65(42(5)110)79(130)101-54(25-31-87)71(122)94-48(10-7-8-27-83)66(117)96-51(22-28-84)69(120)97-52(23-29-85)70(121)98-53(24-30-86)72(123)104-58(81(132)133)35-44-14-18-46(112)19-15-44/h12-19,40-42,47-60,63-65,109-113H,6-11,20-39,83-88,90H2,1-5H3,(H2,89,114)(H,94,122)(H,95,126)(H,96,117)(H,97,120)(H,98,121)(H,99,118)(H,100,129)(H,101,130)(H,102,119)(H,103,127)(H,104,123)(H,105,125)(H,106,128)(H,107,124)(H,115,116)(H,132,133)(H4,91,92,93)/t41-,42+,47+,48-,49-,50-,51-,52-,53-,54+,55-,56-,57-,58-,59-,60-,63-,64-,65-/m0/s1. The maximum Gasteiger partial charge on any atom is 0.326 e. The summed E-state index contributed by atoms with van der Waals surface area (Å²) in [6.07, 6.45) is -7.84. The van der Waals surface area contributed by atoms with Crippen LogP contribution < -0.4 is 131 Å². The van der Waals surface area contributed by atoms with Crippen molar-refractivity contribution in [3.05, 3.63) is 59.7 Å². The molecular weight excluding hydrogens is 1750 g/mol. The Labute approximate surface area is 767 Å². The number of aliphatic hydroxyl groups is 3. The van der Waals surface area contributed by atoms with Crippen LogP contribution in [0.3, 0.4) is 0 Å². The number of carbonyl (C=O) groups is 18. The SMILES string of the molecule is CC[C@H](C)[C@H](NC(=O)[C@@H]1C[C@@H](O)CN1C(=O)[C@@H](N)C(C)C)C(=O)N[C@@H](CCC(=O)O)C(=O)N[C@@H](Cc1ccc(O)cc1)C(=O)N[C@@H](CO)C(=O)N[C@@H](CC(N)=O)C(=O)N[C@@H](CCCNC(=N)N)C(=O)N[C@@H](CCN)C(=O)N[C@H](C(=O)N[C@H](CCN)C(=O)N[C@@H](CCCCN)C(=O)N[C@@H](CCN)C(=O)N[C@@H](CCN)C(=O)N[C@@H](CCN)C(=O)N[C@@H](Cc1ccc(O)cc1)C(=O)O)[C@@H](C)O. The van der Waals surface area contributed by atoms with Gasteiger partial charge in [0.1, 0.15) is 102 Å². The lowest BCUT2D eigenvalue weighted by Crippen LogP contribution is -2.62. The molecule has 744 valence electrons. The first-order chi connectivity index (χ1) is 62.8. The molecule has 1 aliphatic rings. The number of nitrogens with one attached hydrogen (secondary N) is 16. The van der Waals surface area contributed by atoms with E-state index in [9.17, 15) is 122 Å². The average molecular weight is 1890 g/mol. The number of carbonyl (C=O) groups excluding carboxylic acids is 16. The molecule has 41 N–H and O–H groups in total. The minimum atomic E-state index is -2.10. The van der Waals surface area contributed by atoms with Gasteiger partial charge in [0.2, 0.25) is 94.5 Å². The van der Waals surface area contributed by atoms with Crippen molar-refractivity contribution in [3.8, 4) is 11.5 Å². The van der Waals surface area contributed by atoms with Gasteiger partial charge in [-0.25, -0.2) is 4.79 Å². The number of hydrogen-bond acceptors (Lipinski definition) is 31. The fraction of sp³-hybridized carbons (Fsp3) is 0.622. The Hall–Kier alpha value is -12.6. The van der Waals surface area contributed by atoms with E-state index in [0.29, 0.717) is 12.0 Å². The highest BCUT2D eigenvalue weighted by atomic mass is 16.4. The van der Waals surface area contributed by atoms with Crippen LogP contribution in [-0.4, -0.2) is 321 Å². The number of rotatable bonds is 62. The number of phenolic OH excluding ortho intramolecular Hbond substituents is 2. The number of likely N-dealkylation sites (tertiary alicyclic amines) is 1. The van der Waals surface area contributed by atoms with Gasteiger partial charge in [-0.1, -0.05) is 58.4 Å². The second kappa shape index (κ2) is 59.0. The van der Waals surface area contributed by atoms with Gasteiger partial charge in [-0.05, 0) is 164 Å². The van der Waals surface area contributed by atoms with Gasteiger partial charge in [0.25, 0.3) is 0 Å². The fourth-order valence-electron chi connectivity index (χ4n) is 13.7. The van der Waals surface area contributed by atoms with Crippen LogP contribution in [0.4, 0.5) is 0 Å². The summed E-state index contributed by atoms with van der Waals surface area (Å²) in [5, 5.41) is 116. The number of hydrogen-bond donors (Lipinski definition) is 32. The normalized spacial score (nSPS) is 16.7. The molecule has 16 amide bonds. The minimum Gasteiger partial charge on any atom is -0.508 e. The molecule has 0 radical (unpaired) electrons. The van der Waals surface area contributed by atoms with Crippen molar-refractivity contribution >= 4 is 112 Å². The van der Waals surface area contributed by atoms with Crippen molar-refractivity contribution in [1.82, 2.24) is 84.7 Å². The summed E-state index contributed by atoms with van der Waals surface area (Å²) in [5.41, 5.74) is 52.9. The summed E-state index contributed by atoms with van der Waals surface area (Å²) < 4.78 is 0. The number of phenols is 2. The molecule has 51 nitrogen and oxygen atoms in total. The Morgan fingerprint density at radius 1 is 0.436 bits per heavy atom. The Bertz CT molecular complexity index is 4230. The van der Waals surface area contributed by atoms with E-state index >= 15 is 0 Å². The molecule has 3 rings (SSSR count). The number of aromatic hydroxyl groups is 2. The quantitative estimate of drug-likeness (QED) is 0.0166. The van der Waals surface area contributed by atoms with Crippen molar-refractivity contribution in [2.45, 2.75) is 253 Å². The van der Waals surface area contributed by atoms with Gasteiger partial charge in [-0.2, -0.15) is 0 Å². The monoisotopic (exact) mass is 1890 g/mol. The number of β-amino-alcohol motifs (C(OH)–C–C–N with tert-alkyl or cyclic N) is 1. The van der Waals surface area contributed by atoms with E-state index in [1.807, 2.05) is 0 Å². The first-order valence-electron chi connectivity index (χ1n) is 43.7. The molecule has 2 aromatic carbocycles. The zero-order chi connectivity index (χ0) is 100. The molecule has 1 fully saturated rings. The van der Waals surface area contributed by atoms with Gasteiger partial charge in [0, 0.05) is 38.8 Å². The highest BCUT2D eigenvalue weighted by Crippen LogP contribution is 2.23. The van der Waals surface area contributed by atoms with E-state index in [0.717, 1.165) is 11.8 Å². The lowest BCUT2D eigenvalue weighted by molar-refractivity contribution is -0.142. The summed E-state index contributed by atoms with van der Waals surface area (Å²) in [4.78, 5) is 251. The third-order valence-corrected chi connectivity index (χ3v) is 21.5. The molecule has 2 aromatic rings. The van der Waals surface area contributed by atoms with Gasteiger partial charge in [0.05, 0.1) is 31.3 Å². The molecule has 0 saturated carbocycles. The lowest BCUT2D eigenvalue weighted by atomic mass is 9.96. The second-order valence-corrected chi connectivity index (χ2v) is 32.5. The van der Waals surface area contributed by atoms with Crippen molar-refractivity contribution in [1.29, 1.82) is 5.41 Å². The molecule has 19 atom stereocenters. The van der Waals surface area contributed by atoms with E-state index < -0.39 is 272 Å². The molecule has 1 saturated heterocycles. The Morgan fingerprint density at radius 2 is 0.782 bits per heavy atom. The molecule has 0 spiro atoms. The first kappa shape index (κ1) is 115. The Kier molecular flexibility index (Phi) is 50.8. The fourth-order valence-corrected chi connectivity index (χ4v) is 13.7. The van der Waals surface area contributed by atoms with Gasteiger partial charge >= 0.3 is 11.9 Å². The predicted octanol–water partition coefficient (Wildman–Crippen LogP) is -12.0. The smallest absolute Gasteiger partial charge is 0.326 e. The number of nitrogens with two attached hydrogens (primary N) is 9. The Morgan fingerprint density at radius 3 is 1.16 bits per heavy atom. The zero-order valence-corrected chi connectivity index (χ0v) is 75.2. The highest BCUT2D eigenvalue weighted by Gasteiger charge is 2.45. The number of guanidine groups is 1. The van der Waals surface area contributed by atoms with Crippen LogP contribution in [0.2, 0.25) is 0 Å². The lowest BCUT2D eigenvalue weighted by Gasteiger charge is -2.31. The van der Waals surface area contributed by atoms with Crippen molar-refractivity contribution in [3.63, 3.8) is 0 Å². The molecular formula is C82H136N26O25. The number of carboxylic acid groups (broad SMARTS) is 2. The van der Waals surface area contributed by atoms with E-state index in [1.54, 1.807) is 27.7 Å². The van der Waals surface area contributed by atoms with Crippen LogP contribution in [0.5, 0.6) is 11.5 Å². The summed E-state index contributed by atoms with van der Waals surface area (Å²) in [5.74, 6) is -22.4. The van der Waals surface area contributed by atoms with Crippen LogP contribution in [0.15, 0.2) is 48.5 Å². The third-order valence-electron chi connectivity index (χ3n) is 21.5. The summed E-state index contributed by atoms with van der Waals surface area (Å²) in [7, 11) is 0. The number of benzene rings is 2. The van der Waals surface area contributed by atoms with E-state index in [4.69, 9.17) is 57.0 Å². The number of amides is 16. The largest absolute Gasteiger partial charge is 0.508 e. The topological polar surface area (TPSA) is 891 Å². The van der Waals surface area contributed by atoms with E-state index in [1.165, 1.54) is 48.5 Å². The van der Waals surface area contributed by atoms with Gasteiger partial charge in [0.15, 0.2) is 5.96 Å².